The molecule has 1 heterocycles. The third-order valence-corrected chi connectivity index (χ3v) is 5.60. The Kier molecular flexibility index (Phi) is 3.48. The average Bonchev–Trinajstić information content (AvgIpc) is 2.37. The molecule has 0 aromatic heterocycles. The van der Waals surface area contributed by atoms with Crippen molar-refractivity contribution in [2.45, 2.75) is 50.2 Å². The van der Waals surface area contributed by atoms with E-state index in [2.05, 4.69) is 47.1 Å². The molecular formula is C16H22BrNO. The molecule has 104 valence electrons. The van der Waals surface area contributed by atoms with Crippen LogP contribution >= 0.6 is 15.9 Å². The molecule has 19 heavy (non-hydrogen) atoms. The summed E-state index contributed by atoms with van der Waals surface area (Å²) >= 11 is 3.49. The lowest BCUT2D eigenvalue weighted by Crippen LogP contribution is -2.52. The molecule has 1 aliphatic heterocycles. The summed E-state index contributed by atoms with van der Waals surface area (Å²) in [4.78, 5) is 0. The van der Waals surface area contributed by atoms with E-state index < -0.39 is 0 Å². The second kappa shape index (κ2) is 4.87. The van der Waals surface area contributed by atoms with Crippen molar-refractivity contribution in [2.75, 3.05) is 6.61 Å². The summed E-state index contributed by atoms with van der Waals surface area (Å²) in [5.74, 6) is 0.516. The van der Waals surface area contributed by atoms with Crippen LogP contribution in [0.15, 0.2) is 28.7 Å². The van der Waals surface area contributed by atoms with Gasteiger partial charge in [-0.15, -0.1) is 0 Å². The largest absolute Gasteiger partial charge is 0.375 e. The standard InChI is InChI=1S/C16H22BrNO/c1-15(18,12-3-5-14(17)6-4-12)13-7-10-19-16(11-13)8-2-9-16/h3-6,13H,2,7-11,18H2,1H3. The monoisotopic (exact) mass is 323 g/mol. The summed E-state index contributed by atoms with van der Waals surface area (Å²) < 4.78 is 7.12. The Hall–Kier alpha value is -0.380. The molecule has 1 spiro atoms. The normalized spacial score (nSPS) is 28.7. The van der Waals surface area contributed by atoms with Crippen LogP contribution in [-0.2, 0) is 10.3 Å². The summed E-state index contributed by atoms with van der Waals surface area (Å²) in [7, 11) is 0. The van der Waals surface area contributed by atoms with Gasteiger partial charge < -0.3 is 10.5 Å². The van der Waals surface area contributed by atoms with E-state index in [4.69, 9.17) is 10.5 Å². The third-order valence-electron chi connectivity index (χ3n) is 5.07. The van der Waals surface area contributed by atoms with Crippen LogP contribution in [0.2, 0.25) is 0 Å². The number of hydrogen-bond acceptors (Lipinski definition) is 2. The fraction of sp³-hybridized carbons (Fsp3) is 0.625. The van der Waals surface area contributed by atoms with Crippen LogP contribution in [0.1, 0.15) is 44.6 Å². The van der Waals surface area contributed by atoms with E-state index in [9.17, 15) is 0 Å². The van der Waals surface area contributed by atoms with Gasteiger partial charge in [0, 0.05) is 16.6 Å². The fourth-order valence-electron chi connectivity index (χ4n) is 3.50. The van der Waals surface area contributed by atoms with Crippen molar-refractivity contribution in [3.63, 3.8) is 0 Å². The SMILES string of the molecule is CC(N)(c1ccc(Br)cc1)C1CCOC2(CCC2)C1. The Labute approximate surface area is 123 Å². The quantitative estimate of drug-likeness (QED) is 0.893. The highest BCUT2D eigenvalue weighted by Gasteiger charge is 2.46. The van der Waals surface area contributed by atoms with Crippen molar-refractivity contribution in [3.8, 4) is 0 Å². The van der Waals surface area contributed by atoms with Crippen LogP contribution in [0.3, 0.4) is 0 Å². The average molecular weight is 324 g/mol. The second-order valence-corrected chi connectivity index (χ2v) is 7.28. The van der Waals surface area contributed by atoms with Gasteiger partial charge in [0.15, 0.2) is 0 Å². The van der Waals surface area contributed by atoms with Crippen LogP contribution in [0.4, 0.5) is 0 Å². The zero-order valence-corrected chi connectivity index (χ0v) is 13.1. The van der Waals surface area contributed by atoms with Crippen LogP contribution in [-0.4, -0.2) is 12.2 Å². The van der Waals surface area contributed by atoms with Gasteiger partial charge >= 0.3 is 0 Å². The minimum atomic E-state index is -0.257. The topological polar surface area (TPSA) is 35.2 Å². The first-order chi connectivity index (χ1) is 9.02. The highest BCUT2D eigenvalue weighted by molar-refractivity contribution is 9.10. The molecule has 3 heteroatoms. The van der Waals surface area contributed by atoms with Gasteiger partial charge in [-0.3, -0.25) is 0 Å². The van der Waals surface area contributed by atoms with Crippen molar-refractivity contribution < 1.29 is 4.74 Å². The molecule has 1 saturated carbocycles. The molecular weight excluding hydrogens is 302 g/mol. The lowest BCUT2D eigenvalue weighted by atomic mass is 9.66. The van der Waals surface area contributed by atoms with E-state index in [1.807, 2.05) is 0 Å². The van der Waals surface area contributed by atoms with Crippen LogP contribution in [0.5, 0.6) is 0 Å². The molecule has 3 rings (SSSR count). The predicted octanol–water partition coefficient (Wildman–Crippen LogP) is 3.97. The number of benzene rings is 1. The van der Waals surface area contributed by atoms with Crippen molar-refractivity contribution in [1.29, 1.82) is 0 Å². The number of rotatable bonds is 2. The van der Waals surface area contributed by atoms with E-state index in [0.29, 0.717) is 5.92 Å². The van der Waals surface area contributed by atoms with Crippen molar-refractivity contribution in [3.05, 3.63) is 34.3 Å². The molecule has 2 atom stereocenters. The third kappa shape index (κ3) is 2.48. The molecule has 1 aromatic rings. The van der Waals surface area contributed by atoms with E-state index in [1.54, 1.807) is 0 Å². The maximum absolute atomic E-state index is 6.69. The highest BCUT2D eigenvalue weighted by Crippen LogP contribution is 2.48. The van der Waals surface area contributed by atoms with Gasteiger partial charge in [0.2, 0.25) is 0 Å². The Balaban J connectivity index is 1.81. The summed E-state index contributed by atoms with van der Waals surface area (Å²) in [5.41, 5.74) is 7.83. The lowest BCUT2D eigenvalue weighted by molar-refractivity contribution is -0.151. The number of halogens is 1. The fourth-order valence-corrected chi connectivity index (χ4v) is 3.77. The molecule has 2 unspecified atom stereocenters. The Bertz CT molecular complexity index is 450. The van der Waals surface area contributed by atoms with Crippen molar-refractivity contribution in [2.24, 2.45) is 11.7 Å². The Morgan fingerprint density at radius 2 is 2.00 bits per heavy atom. The summed E-state index contributed by atoms with van der Waals surface area (Å²) in [6.45, 7) is 3.05. The van der Waals surface area contributed by atoms with Crippen LogP contribution < -0.4 is 5.73 Å². The number of nitrogens with two attached hydrogens (primary N) is 1. The minimum Gasteiger partial charge on any atom is -0.375 e. The van der Waals surface area contributed by atoms with Crippen molar-refractivity contribution in [1.82, 2.24) is 0 Å². The summed E-state index contributed by atoms with van der Waals surface area (Å²) in [6.07, 6.45) is 5.95. The maximum Gasteiger partial charge on any atom is 0.0686 e. The van der Waals surface area contributed by atoms with Gasteiger partial charge in [-0.1, -0.05) is 28.1 Å². The molecule has 0 radical (unpaired) electrons. The minimum absolute atomic E-state index is 0.166. The van der Waals surface area contributed by atoms with E-state index in [-0.39, 0.29) is 11.1 Å². The van der Waals surface area contributed by atoms with Gasteiger partial charge in [-0.05, 0) is 62.6 Å². The molecule has 2 fully saturated rings. The first-order valence-corrected chi connectivity index (χ1v) is 8.00. The second-order valence-electron chi connectivity index (χ2n) is 6.36. The predicted molar refractivity (Wildman–Crippen MR) is 80.9 cm³/mol. The first kappa shape index (κ1) is 13.6. The molecule has 1 aromatic carbocycles. The Morgan fingerprint density at radius 1 is 1.32 bits per heavy atom. The van der Waals surface area contributed by atoms with Crippen molar-refractivity contribution >= 4 is 15.9 Å². The van der Waals surface area contributed by atoms with Gasteiger partial charge in [0.1, 0.15) is 0 Å². The summed E-state index contributed by atoms with van der Waals surface area (Å²) in [6, 6.07) is 8.46. The first-order valence-electron chi connectivity index (χ1n) is 7.21. The van der Waals surface area contributed by atoms with Gasteiger partial charge in [-0.2, -0.15) is 0 Å². The molecule has 1 saturated heterocycles. The number of hydrogen-bond donors (Lipinski definition) is 1. The Morgan fingerprint density at radius 3 is 2.58 bits per heavy atom. The molecule has 1 aliphatic carbocycles. The molecule has 2 N–H and O–H groups in total. The maximum atomic E-state index is 6.69. The van der Waals surface area contributed by atoms with Gasteiger partial charge in [0.05, 0.1) is 5.60 Å². The summed E-state index contributed by atoms with van der Waals surface area (Å²) in [5, 5.41) is 0. The molecule has 0 bridgehead atoms. The van der Waals surface area contributed by atoms with Gasteiger partial charge in [0.25, 0.3) is 0 Å². The zero-order chi connectivity index (χ0) is 13.5. The molecule has 2 nitrogen and oxygen atoms in total. The van der Waals surface area contributed by atoms with E-state index >= 15 is 0 Å². The zero-order valence-electron chi connectivity index (χ0n) is 11.5. The smallest absolute Gasteiger partial charge is 0.0686 e. The lowest BCUT2D eigenvalue weighted by Gasteiger charge is -2.50. The van der Waals surface area contributed by atoms with Gasteiger partial charge in [-0.25, -0.2) is 0 Å². The highest BCUT2D eigenvalue weighted by atomic mass is 79.9. The number of ether oxygens (including phenoxy) is 1. The molecule has 0 amide bonds. The van der Waals surface area contributed by atoms with Crippen LogP contribution in [0, 0.1) is 5.92 Å². The van der Waals surface area contributed by atoms with Crippen LogP contribution in [0.25, 0.3) is 0 Å². The molecule has 2 aliphatic rings. The van der Waals surface area contributed by atoms with E-state index in [1.165, 1.54) is 24.8 Å². The van der Waals surface area contributed by atoms with E-state index in [0.717, 1.165) is 23.9 Å².